The van der Waals surface area contributed by atoms with Gasteiger partial charge >= 0.3 is 17.9 Å². The molecule has 0 bridgehead atoms. The van der Waals surface area contributed by atoms with Gasteiger partial charge in [0.25, 0.3) is 0 Å². The zero-order chi connectivity index (χ0) is 55.0. The molecule has 0 saturated carbocycles. The highest BCUT2D eigenvalue weighted by molar-refractivity contribution is 5.71. The van der Waals surface area contributed by atoms with Crippen molar-refractivity contribution >= 4 is 17.9 Å². The molecule has 76 heavy (non-hydrogen) atoms. The summed E-state index contributed by atoms with van der Waals surface area (Å²) in [5.74, 6) is -0.903. The monoisotopic (exact) mass is 1060 g/mol. The average Bonchev–Trinajstić information content (AvgIpc) is 3.42. The normalized spacial score (nSPS) is 12.5. The zero-order valence-electron chi connectivity index (χ0n) is 50.5. The SMILES string of the molecule is CC/C=C\C/C=C\C/C=C\CCCCCCCC(=O)OC(COC(=O)CCCCCCC/C=C\C/C=C\CCCC)COC(=O)CCCCCCCCCCCCCCCCCCC/C=C\CCCCCCCCCC. The van der Waals surface area contributed by atoms with Gasteiger partial charge in [0, 0.05) is 19.3 Å². The first-order valence-electron chi connectivity index (χ1n) is 32.9. The molecule has 0 spiro atoms. The molecule has 0 aliphatic heterocycles. The minimum absolute atomic E-state index is 0.0849. The smallest absolute Gasteiger partial charge is 0.306 e. The standard InChI is InChI=1S/C70H124O6/c1-4-7-10-13-16-19-22-25-28-29-30-31-32-33-34-35-36-37-38-39-40-41-43-45-48-51-54-57-60-63-69(72)75-66-67(65-74-68(71)62-59-56-53-50-47-44-27-24-21-18-15-12-9-6-3)76-70(73)64-61-58-55-52-49-46-42-26-23-20-17-14-11-8-5-2/h8,11,15,17-18,20,24,26-27,29-30,42,67H,4-7,9-10,12-14,16,19,21-23,25,28,31-41,43-66H2,1-3H3/b11-8-,18-15-,20-17-,27-24-,30-29-,42-26-. The lowest BCUT2D eigenvalue weighted by atomic mass is 10.0. The number of allylic oxidation sites excluding steroid dienone is 12. The lowest BCUT2D eigenvalue weighted by Crippen LogP contribution is -2.30. The van der Waals surface area contributed by atoms with E-state index in [9.17, 15) is 14.4 Å². The van der Waals surface area contributed by atoms with E-state index in [4.69, 9.17) is 14.2 Å². The van der Waals surface area contributed by atoms with Gasteiger partial charge in [-0.15, -0.1) is 0 Å². The molecule has 6 heteroatoms. The van der Waals surface area contributed by atoms with Crippen LogP contribution in [0.5, 0.6) is 0 Å². The summed E-state index contributed by atoms with van der Waals surface area (Å²) in [5, 5.41) is 0. The van der Waals surface area contributed by atoms with E-state index in [0.29, 0.717) is 19.3 Å². The summed E-state index contributed by atoms with van der Waals surface area (Å²) >= 11 is 0. The van der Waals surface area contributed by atoms with Crippen LogP contribution in [0, 0.1) is 0 Å². The summed E-state index contributed by atoms with van der Waals surface area (Å²) in [6.45, 7) is 6.50. The fraction of sp³-hybridized carbons (Fsp3) is 0.786. The van der Waals surface area contributed by atoms with Gasteiger partial charge in [-0.1, -0.05) is 286 Å². The predicted molar refractivity (Wildman–Crippen MR) is 330 cm³/mol. The van der Waals surface area contributed by atoms with Crippen LogP contribution in [0.3, 0.4) is 0 Å². The Morgan fingerprint density at radius 3 is 0.855 bits per heavy atom. The van der Waals surface area contributed by atoms with Gasteiger partial charge in [-0.3, -0.25) is 14.4 Å². The summed E-state index contributed by atoms with van der Waals surface area (Å²) in [6.07, 6.45) is 83.6. The molecule has 0 saturated heterocycles. The second-order valence-corrected chi connectivity index (χ2v) is 22.0. The minimum atomic E-state index is -0.790. The van der Waals surface area contributed by atoms with Gasteiger partial charge in [0.05, 0.1) is 0 Å². The van der Waals surface area contributed by atoms with Crippen LogP contribution in [0.25, 0.3) is 0 Å². The number of esters is 3. The molecular formula is C70H124O6. The Kier molecular flexibility index (Phi) is 61.7. The topological polar surface area (TPSA) is 78.9 Å². The van der Waals surface area contributed by atoms with E-state index in [2.05, 4.69) is 93.7 Å². The van der Waals surface area contributed by atoms with Crippen molar-refractivity contribution in [2.75, 3.05) is 13.2 Å². The summed E-state index contributed by atoms with van der Waals surface area (Å²) < 4.78 is 16.9. The van der Waals surface area contributed by atoms with Gasteiger partial charge in [-0.05, 0) is 103 Å². The summed E-state index contributed by atoms with van der Waals surface area (Å²) in [7, 11) is 0. The van der Waals surface area contributed by atoms with Crippen molar-refractivity contribution in [1.82, 2.24) is 0 Å². The van der Waals surface area contributed by atoms with E-state index in [0.717, 1.165) is 116 Å². The molecule has 6 nitrogen and oxygen atoms in total. The zero-order valence-corrected chi connectivity index (χ0v) is 50.5. The average molecular weight is 1060 g/mol. The molecule has 0 radical (unpaired) electrons. The van der Waals surface area contributed by atoms with Crippen LogP contribution in [0.15, 0.2) is 72.9 Å². The van der Waals surface area contributed by atoms with Gasteiger partial charge < -0.3 is 14.2 Å². The number of unbranched alkanes of at least 4 members (excludes halogenated alkanes) is 37. The first-order valence-corrected chi connectivity index (χ1v) is 32.9. The first kappa shape index (κ1) is 72.8. The number of hydrogen-bond acceptors (Lipinski definition) is 6. The van der Waals surface area contributed by atoms with Gasteiger partial charge in [0.1, 0.15) is 13.2 Å². The van der Waals surface area contributed by atoms with E-state index in [-0.39, 0.29) is 31.1 Å². The van der Waals surface area contributed by atoms with Crippen molar-refractivity contribution in [3.63, 3.8) is 0 Å². The lowest BCUT2D eigenvalue weighted by Gasteiger charge is -2.18. The molecule has 0 aromatic heterocycles. The molecule has 0 rings (SSSR count). The van der Waals surface area contributed by atoms with Crippen LogP contribution < -0.4 is 0 Å². The fourth-order valence-corrected chi connectivity index (χ4v) is 9.47. The van der Waals surface area contributed by atoms with Crippen LogP contribution >= 0.6 is 0 Å². The maximum Gasteiger partial charge on any atom is 0.306 e. The Morgan fingerprint density at radius 2 is 0.526 bits per heavy atom. The van der Waals surface area contributed by atoms with Crippen molar-refractivity contribution in [2.45, 2.75) is 341 Å². The highest BCUT2D eigenvalue weighted by atomic mass is 16.6. The molecule has 0 aliphatic rings. The first-order chi connectivity index (χ1) is 37.5. The lowest BCUT2D eigenvalue weighted by molar-refractivity contribution is -0.167. The quantitative estimate of drug-likeness (QED) is 0.0261. The number of carbonyl (C=O) groups is 3. The highest BCUT2D eigenvalue weighted by Crippen LogP contribution is 2.17. The van der Waals surface area contributed by atoms with E-state index in [1.807, 2.05) is 0 Å². The van der Waals surface area contributed by atoms with Crippen molar-refractivity contribution in [2.24, 2.45) is 0 Å². The van der Waals surface area contributed by atoms with Crippen LogP contribution in [-0.4, -0.2) is 37.2 Å². The van der Waals surface area contributed by atoms with Crippen LogP contribution in [0.1, 0.15) is 335 Å². The van der Waals surface area contributed by atoms with Gasteiger partial charge in [0.15, 0.2) is 6.10 Å². The molecule has 0 aromatic carbocycles. The van der Waals surface area contributed by atoms with Crippen molar-refractivity contribution in [3.05, 3.63) is 72.9 Å². The third-order valence-corrected chi connectivity index (χ3v) is 14.4. The van der Waals surface area contributed by atoms with Crippen molar-refractivity contribution < 1.29 is 28.6 Å². The van der Waals surface area contributed by atoms with Gasteiger partial charge in [0.2, 0.25) is 0 Å². The Balaban J connectivity index is 4.21. The molecule has 0 heterocycles. The fourth-order valence-electron chi connectivity index (χ4n) is 9.47. The molecule has 1 atom stereocenters. The number of carbonyl (C=O) groups excluding carboxylic acids is 3. The molecule has 440 valence electrons. The highest BCUT2D eigenvalue weighted by Gasteiger charge is 2.19. The Bertz CT molecular complexity index is 1400. The number of rotatable bonds is 60. The molecule has 1 unspecified atom stereocenters. The van der Waals surface area contributed by atoms with Crippen LogP contribution in [0.4, 0.5) is 0 Å². The number of hydrogen-bond donors (Lipinski definition) is 0. The largest absolute Gasteiger partial charge is 0.462 e. The maximum absolute atomic E-state index is 12.9. The molecular weight excluding hydrogens is 937 g/mol. The predicted octanol–water partition coefficient (Wildman–Crippen LogP) is 22.5. The Morgan fingerprint density at radius 1 is 0.276 bits per heavy atom. The van der Waals surface area contributed by atoms with E-state index >= 15 is 0 Å². The summed E-state index contributed by atoms with van der Waals surface area (Å²) in [4.78, 5) is 38.3. The molecule has 0 aliphatic carbocycles. The van der Waals surface area contributed by atoms with Crippen LogP contribution in [0.2, 0.25) is 0 Å². The number of ether oxygens (including phenoxy) is 3. The molecule has 0 aromatic rings. The summed E-state index contributed by atoms with van der Waals surface area (Å²) in [5.41, 5.74) is 0. The van der Waals surface area contributed by atoms with Crippen LogP contribution in [-0.2, 0) is 28.6 Å². The van der Waals surface area contributed by atoms with Gasteiger partial charge in [-0.25, -0.2) is 0 Å². The van der Waals surface area contributed by atoms with Crippen molar-refractivity contribution in [3.8, 4) is 0 Å². The third-order valence-electron chi connectivity index (χ3n) is 14.4. The van der Waals surface area contributed by atoms with E-state index in [1.54, 1.807) is 0 Å². The summed E-state index contributed by atoms with van der Waals surface area (Å²) in [6, 6.07) is 0. The molecule has 0 fully saturated rings. The second-order valence-electron chi connectivity index (χ2n) is 22.0. The van der Waals surface area contributed by atoms with Gasteiger partial charge in [-0.2, -0.15) is 0 Å². The Labute approximate surface area is 472 Å². The minimum Gasteiger partial charge on any atom is -0.462 e. The third kappa shape index (κ3) is 61.7. The Hall–Kier alpha value is -3.15. The molecule has 0 amide bonds. The second kappa shape index (κ2) is 64.4. The van der Waals surface area contributed by atoms with E-state index < -0.39 is 6.10 Å². The van der Waals surface area contributed by atoms with E-state index in [1.165, 1.54) is 180 Å². The van der Waals surface area contributed by atoms with Crippen molar-refractivity contribution in [1.29, 1.82) is 0 Å². The maximum atomic E-state index is 12.9. The molecule has 0 N–H and O–H groups in total.